The van der Waals surface area contributed by atoms with E-state index < -0.39 is 0 Å². The highest BCUT2D eigenvalue weighted by Gasteiger charge is 2.01. The summed E-state index contributed by atoms with van der Waals surface area (Å²) in [6, 6.07) is 9.98. The van der Waals surface area contributed by atoms with Crippen LogP contribution < -0.4 is 4.74 Å². The second-order valence-corrected chi connectivity index (χ2v) is 4.46. The molecule has 3 nitrogen and oxygen atoms in total. The molecule has 0 aliphatic rings. The van der Waals surface area contributed by atoms with Gasteiger partial charge in [0, 0.05) is 24.5 Å². The Labute approximate surface area is 114 Å². The number of aromatic nitrogens is 1. The molecule has 0 N–H and O–H groups in total. The first-order valence-electron chi connectivity index (χ1n) is 6.28. The lowest BCUT2D eigenvalue weighted by Gasteiger charge is -2.05. The largest absolute Gasteiger partial charge is 0.494 e. The summed E-state index contributed by atoms with van der Waals surface area (Å²) in [6.07, 6.45) is 4.41. The van der Waals surface area contributed by atoms with E-state index in [9.17, 15) is 0 Å². The van der Waals surface area contributed by atoms with Gasteiger partial charge in [0.15, 0.2) is 0 Å². The van der Waals surface area contributed by atoms with E-state index in [0.29, 0.717) is 0 Å². The molecule has 0 radical (unpaired) electrons. The van der Waals surface area contributed by atoms with Gasteiger partial charge >= 0.3 is 0 Å². The Bertz CT molecular complexity index is 591. The van der Waals surface area contributed by atoms with Gasteiger partial charge in [-0.2, -0.15) is 0 Å². The summed E-state index contributed by atoms with van der Waals surface area (Å²) in [5, 5.41) is 0. The molecule has 0 unspecified atom stereocenters. The number of rotatable bonds is 4. The molecule has 0 atom stereocenters. The Morgan fingerprint density at radius 2 is 2.11 bits per heavy atom. The van der Waals surface area contributed by atoms with Gasteiger partial charge in [-0.15, -0.1) is 0 Å². The Morgan fingerprint density at radius 1 is 1.26 bits per heavy atom. The standard InChI is InChI=1S/C16H18N2O/c1-12-6-7-15(16(11-12)19-3)18-10-8-14-13(2)5-4-9-17-14/h4-7,9-11H,8H2,1-3H3. The van der Waals surface area contributed by atoms with Crippen molar-refractivity contribution in [2.45, 2.75) is 20.3 Å². The van der Waals surface area contributed by atoms with Crippen molar-refractivity contribution < 1.29 is 4.74 Å². The molecule has 0 fully saturated rings. The van der Waals surface area contributed by atoms with Crippen LogP contribution in [0.1, 0.15) is 16.8 Å². The van der Waals surface area contributed by atoms with Gasteiger partial charge in [0.05, 0.1) is 7.11 Å². The number of hydrogen-bond acceptors (Lipinski definition) is 3. The van der Waals surface area contributed by atoms with E-state index in [-0.39, 0.29) is 0 Å². The summed E-state index contributed by atoms with van der Waals surface area (Å²) >= 11 is 0. The minimum Gasteiger partial charge on any atom is -0.494 e. The minimum absolute atomic E-state index is 0.726. The first kappa shape index (κ1) is 13.3. The van der Waals surface area contributed by atoms with Crippen molar-refractivity contribution in [1.29, 1.82) is 0 Å². The second kappa shape index (κ2) is 6.14. The molecule has 0 amide bonds. The summed E-state index contributed by atoms with van der Waals surface area (Å²) in [5.74, 6) is 0.800. The minimum atomic E-state index is 0.726. The summed E-state index contributed by atoms with van der Waals surface area (Å²) in [6.45, 7) is 4.09. The number of aliphatic imine (C=N–C) groups is 1. The highest BCUT2D eigenvalue weighted by Crippen LogP contribution is 2.27. The fraction of sp³-hybridized carbons (Fsp3) is 0.250. The predicted octanol–water partition coefficient (Wildman–Crippen LogP) is 3.65. The third-order valence-electron chi connectivity index (χ3n) is 2.97. The van der Waals surface area contributed by atoms with E-state index in [1.54, 1.807) is 7.11 Å². The van der Waals surface area contributed by atoms with E-state index in [2.05, 4.69) is 23.0 Å². The Kier molecular flexibility index (Phi) is 4.29. The molecule has 2 rings (SSSR count). The highest BCUT2D eigenvalue weighted by atomic mass is 16.5. The SMILES string of the molecule is COc1cc(C)ccc1N=CCc1ncccc1C. The van der Waals surface area contributed by atoms with Gasteiger partial charge in [0.1, 0.15) is 11.4 Å². The normalized spacial score (nSPS) is 10.9. The zero-order valence-corrected chi connectivity index (χ0v) is 11.6. The number of benzene rings is 1. The first-order valence-corrected chi connectivity index (χ1v) is 6.28. The third kappa shape index (κ3) is 3.41. The van der Waals surface area contributed by atoms with Crippen LogP contribution in [0.15, 0.2) is 41.5 Å². The van der Waals surface area contributed by atoms with Crippen LogP contribution in [0.3, 0.4) is 0 Å². The van der Waals surface area contributed by atoms with Crippen LogP contribution in [0, 0.1) is 13.8 Å². The molecular formula is C16H18N2O. The Morgan fingerprint density at radius 3 is 2.84 bits per heavy atom. The number of aryl methyl sites for hydroxylation is 2. The Hall–Kier alpha value is -2.16. The second-order valence-electron chi connectivity index (χ2n) is 4.46. The van der Waals surface area contributed by atoms with Gasteiger partial charge in [-0.25, -0.2) is 0 Å². The average Bonchev–Trinajstić information content (AvgIpc) is 2.42. The van der Waals surface area contributed by atoms with Crippen LogP contribution in [0.4, 0.5) is 5.69 Å². The lowest BCUT2D eigenvalue weighted by molar-refractivity contribution is 0.416. The molecule has 0 aliphatic heterocycles. The topological polar surface area (TPSA) is 34.5 Å². The zero-order valence-electron chi connectivity index (χ0n) is 11.6. The fourth-order valence-electron chi connectivity index (χ4n) is 1.85. The fourth-order valence-corrected chi connectivity index (χ4v) is 1.85. The Balaban J connectivity index is 2.13. The summed E-state index contributed by atoms with van der Waals surface area (Å²) in [4.78, 5) is 8.81. The van der Waals surface area contributed by atoms with Crippen molar-refractivity contribution in [2.24, 2.45) is 4.99 Å². The van der Waals surface area contributed by atoms with E-state index in [0.717, 1.165) is 29.1 Å². The molecule has 2 aromatic rings. The molecule has 1 heterocycles. The van der Waals surface area contributed by atoms with E-state index in [4.69, 9.17) is 4.74 Å². The maximum absolute atomic E-state index is 5.32. The molecule has 0 saturated heterocycles. The molecule has 19 heavy (non-hydrogen) atoms. The van der Waals surface area contributed by atoms with Gasteiger partial charge in [-0.3, -0.25) is 9.98 Å². The molecule has 0 spiro atoms. The molecule has 0 aliphatic carbocycles. The van der Waals surface area contributed by atoms with Crippen molar-refractivity contribution in [1.82, 2.24) is 4.98 Å². The van der Waals surface area contributed by atoms with Crippen molar-refractivity contribution in [3.05, 3.63) is 53.3 Å². The van der Waals surface area contributed by atoms with Crippen molar-refractivity contribution in [3.63, 3.8) is 0 Å². The predicted molar refractivity (Wildman–Crippen MR) is 78.6 cm³/mol. The quantitative estimate of drug-likeness (QED) is 0.780. The zero-order chi connectivity index (χ0) is 13.7. The van der Waals surface area contributed by atoms with Gasteiger partial charge < -0.3 is 4.74 Å². The molecule has 3 heteroatoms. The summed E-state index contributed by atoms with van der Waals surface area (Å²) < 4.78 is 5.32. The maximum Gasteiger partial charge on any atom is 0.144 e. The van der Waals surface area contributed by atoms with Crippen molar-refractivity contribution in [3.8, 4) is 5.75 Å². The molecule has 1 aromatic heterocycles. The number of methoxy groups -OCH3 is 1. The highest BCUT2D eigenvalue weighted by molar-refractivity contribution is 5.68. The average molecular weight is 254 g/mol. The smallest absolute Gasteiger partial charge is 0.144 e. The van der Waals surface area contributed by atoms with Crippen LogP contribution in [-0.2, 0) is 6.42 Å². The van der Waals surface area contributed by atoms with Crippen molar-refractivity contribution >= 4 is 11.9 Å². The summed E-state index contributed by atoms with van der Waals surface area (Å²) in [7, 11) is 1.66. The number of ether oxygens (including phenoxy) is 1. The molecule has 98 valence electrons. The van der Waals surface area contributed by atoms with Crippen molar-refractivity contribution in [2.75, 3.05) is 7.11 Å². The van der Waals surface area contributed by atoms with Crippen LogP contribution in [0.2, 0.25) is 0 Å². The van der Waals surface area contributed by atoms with E-state index in [1.165, 1.54) is 5.56 Å². The molecular weight excluding hydrogens is 236 g/mol. The lowest BCUT2D eigenvalue weighted by atomic mass is 10.2. The summed E-state index contributed by atoms with van der Waals surface area (Å²) in [5.41, 5.74) is 4.25. The van der Waals surface area contributed by atoms with Gasteiger partial charge in [-0.1, -0.05) is 12.1 Å². The van der Waals surface area contributed by atoms with E-state index in [1.807, 2.05) is 43.6 Å². The van der Waals surface area contributed by atoms with E-state index >= 15 is 0 Å². The van der Waals surface area contributed by atoms with Gasteiger partial charge in [0.2, 0.25) is 0 Å². The maximum atomic E-state index is 5.32. The van der Waals surface area contributed by atoms with Crippen LogP contribution in [0.5, 0.6) is 5.75 Å². The van der Waals surface area contributed by atoms with Gasteiger partial charge in [0.25, 0.3) is 0 Å². The number of nitrogens with zero attached hydrogens (tertiary/aromatic N) is 2. The molecule has 0 saturated carbocycles. The number of pyridine rings is 1. The van der Waals surface area contributed by atoms with Gasteiger partial charge in [-0.05, 0) is 43.2 Å². The van der Waals surface area contributed by atoms with Crippen LogP contribution in [-0.4, -0.2) is 18.3 Å². The van der Waals surface area contributed by atoms with Crippen LogP contribution in [0.25, 0.3) is 0 Å². The molecule has 1 aromatic carbocycles. The third-order valence-corrected chi connectivity index (χ3v) is 2.97. The number of hydrogen-bond donors (Lipinski definition) is 0. The monoisotopic (exact) mass is 254 g/mol. The molecule has 0 bridgehead atoms. The first-order chi connectivity index (χ1) is 9.20. The van der Waals surface area contributed by atoms with Crippen LogP contribution >= 0.6 is 0 Å². The lowest BCUT2D eigenvalue weighted by Crippen LogP contribution is -1.94.